The minimum atomic E-state index is -0.00853. The summed E-state index contributed by atoms with van der Waals surface area (Å²) < 4.78 is 0. The Kier molecular flexibility index (Phi) is 4.83. The van der Waals surface area contributed by atoms with E-state index in [0.29, 0.717) is 18.8 Å². The molecule has 4 fully saturated rings. The Labute approximate surface area is 149 Å². The highest BCUT2D eigenvalue weighted by molar-refractivity contribution is 6.02. The van der Waals surface area contributed by atoms with E-state index in [1.165, 1.54) is 37.0 Å². The number of carbonyl (C=O) groups is 3. The molecule has 0 aromatic rings. The van der Waals surface area contributed by atoms with Gasteiger partial charge in [0.1, 0.15) is 0 Å². The van der Waals surface area contributed by atoms with Gasteiger partial charge in [-0.25, -0.2) is 0 Å². The lowest BCUT2D eigenvalue weighted by atomic mass is 9.85. The highest BCUT2D eigenvalue weighted by atomic mass is 16.2. The lowest BCUT2D eigenvalue weighted by Crippen LogP contribution is -2.46. The van der Waals surface area contributed by atoms with E-state index in [-0.39, 0.29) is 35.7 Å². The molecule has 0 unspecified atom stereocenters. The largest absolute Gasteiger partial charge is 0.353 e. The number of hydrogen-bond acceptors (Lipinski definition) is 3. The molecule has 138 valence electrons. The lowest BCUT2D eigenvalue weighted by Gasteiger charge is -2.33. The van der Waals surface area contributed by atoms with Crippen molar-refractivity contribution in [2.24, 2.45) is 17.8 Å². The van der Waals surface area contributed by atoms with Gasteiger partial charge in [-0.2, -0.15) is 0 Å². The van der Waals surface area contributed by atoms with E-state index < -0.39 is 0 Å². The summed E-state index contributed by atoms with van der Waals surface area (Å²) in [7, 11) is 0. The summed E-state index contributed by atoms with van der Waals surface area (Å²) in [5, 5.41) is 3.26. The fraction of sp³-hybridized carbons (Fsp3) is 0.850. The summed E-state index contributed by atoms with van der Waals surface area (Å²) in [6, 6.07) is 0.288. The number of amides is 3. The zero-order valence-electron chi connectivity index (χ0n) is 15.0. The number of nitrogens with one attached hydrogen (secondary N) is 1. The molecule has 5 heteroatoms. The summed E-state index contributed by atoms with van der Waals surface area (Å²) in [6.07, 6.45) is 11.9. The third kappa shape index (κ3) is 3.61. The average Bonchev–Trinajstić information content (AvgIpc) is 3.37. The van der Waals surface area contributed by atoms with Crippen molar-refractivity contribution in [3.63, 3.8) is 0 Å². The molecule has 3 amide bonds. The van der Waals surface area contributed by atoms with Gasteiger partial charge in [-0.15, -0.1) is 0 Å². The van der Waals surface area contributed by atoms with E-state index in [4.69, 9.17) is 0 Å². The number of imide groups is 1. The summed E-state index contributed by atoms with van der Waals surface area (Å²) >= 11 is 0. The molecule has 0 aromatic heterocycles. The molecule has 0 aromatic carbocycles. The highest BCUT2D eigenvalue weighted by Crippen LogP contribution is 2.49. The molecule has 1 saturated heterocycles. The first kappa shape index (κ1) is 17.0. The van der Waals surface area contributed by atoms with Crippen molar-refractivity contribution in [2.75, 3.05) is 0 Å². The Hall–Kier alpha value is -1.39. The predicted molar refractivity (Wildman–Crippen MR) is 93.4 cm³/mol. The fourth-order valence-corrected chi connectivity index (χ4v) is 5.39. The number of likely N-dealkylation sites (tertiary alicyclic amines) is 1. The highest BCUT2D eigenvalue weighted by Gasteiger charge is 2.48. The van der Waals surface area contributed by atoms with E-state index >= 15 is 0 Å². The van der Waals surface area contributed by atoms with Crippen molar-refractivity contribution < 1.29 is 14.4 Å². The molecule has 0 bridgehead atoms. The topological polar surface area (TPSA) is 66.5 Å². The summed E-state index contributed by atoms with van der Waals surface area (Å²) in [5.41, 5.74) is 0. The molecule has 3 saturated carbocycles. The van der Waals surface area contributed by atoms with Crippen LogP contribution in [0.5, 0.6) is 0 Å². The van der Waals surface area contributed by atoms with E-state index in [9.17, 15) is 14.4 Å². The second-order valence-electron chi connectivity index (χ2n) is 8.58. The van der Waals surface area contributed by atoms with E-state index in [2.05, 4.69) is 5.32 Å². The van der Waals surface area contributed by atoms with Gasteiger partial charge in [0.05, 0.1) is 0 Å². The van der Waals surface area contributed by atoms with Crippen LogP contribution >= 0.6 is 0 Å². The predicted octanol–water partition coefficient (Wildman–Crippen LogP) is 2.78. The lowest BCUT2D eigenvalue weighted by molar-refractivity contribution is -0.142. The maximum absolute atomic E-state index is 12.5. The second-order valence-corrected chi connectivity index (χ2v) is 8.58. The van der Waals surface area contributed by atoms with Gasteiger partial charge in [0.2, 0.25) is 17.7 Å². The minimum Gasteiger partial charge on any atom is -0.353 e. The Bertz CT molecular complexity index is 531. The van der Waals surface area contributed by atoms with Crippen LogP contribution in [0.15, 0.2) is 0 Å². The first-order valence-electron chi connectivity index (χ1n) is 10.3. The van der Waals surface area contributed by atoms with Gasteiger partial charge in [-0.3, -0.25) is 19.3 Å². The Morgan fingerprint density at radius 3 is 2.16 bits per heavy atom. The molecule has 5 nitrogen and oxygen atoms in total. The molecule has 4 aliphatic rings. The van der Waals surface area contributed by atoms with Gasteiger partial charge in [0, 0.05) is 30.8 Å². The molecule has 25 heavy (non-hydrogen) atoms. The molecular weight excluding hydrogens is 316 g/mol. The third-order valence-electron chi connectivity index (χ3n) is 6.93. The zero-order chi connectivity index (χ0) is 17.4. The first-order chi connectivity index (χ1) is 12.1. The van der Waals surface area contributed by atoms with Crippen LogP contribution in [-0.2, 0) is 14.4 Å². The molecule has 0 spiro atoms. The quantitative estimate of drug-likeness (QED) is 0.796. The van der Waals surface area contributed by atoms with Crippen molar-refractivity contribution in [2.45, 2.75) is 89.1 Å². The third-order valence-corrected chi connectivity index (χ3v) is 6.93. The minimum absolute atomic E-state index is 0.00853. The van der Waals surface area contributed by atoms with Gasteiger partial charge in [0.25, 0.3) is 0 Å². The van der Waals surface area contributed by atoms with Crippen LogP contribution < -0.4 is 5.32 Å². The standard InChI is InChI=1S/C20H30N2O3/c23-18-10-11-19(24)22(18)15-8-6-14(7-9-15)21-20(25)17-12-16(17)13-4-2-1-3-5-13/h13-17H,1-12H2,(H,21,25)/t14?,15?,16-,17+/m1/s1. The number of carbonyl (C=O) groups excluding carboxylic acids is 3. The van der Waals surface area contributed by atoms with Gasteiger partial charge in [-0.1, -0.05) is 32.1 Å². The van der Waals surface area contributed by atoms with Crippen LogP contribution in [0.4, 0.5) is 0 Å². The molecular formula is C20H30N2O3. The van der Waals surface area contributed by atoms with Crippen molar-refractivity contribution >= 4 is 17.7 Å². The smallest absolute Gasteiger partial charge is 0.229 e. The van der Waals surface area contributed by atoms with Gasteiger partial charge >= 0.3 is 0 Å². The van der Waals surface area contributed by atoms with Crippen LogP contribution in [0.2, 0.25) is 0 Å². The molecule has 1 heterocycles. The Morgan fingerprint density at radius 2 is 1.52 bits per heavy atom. The summed E-state index contributed by atoms with van der Waals surface area (Å²) in [5.74, 6) is 1.91. The Balaban J connectivity index is 1.22. The van der Waals surface area contributed by atoms with Gasteiger partial charge in [-0.05, 0) is 43.9 Å². The Morgan fingerprint density at radius 1 is 0.880 bits per heavy atom. The van der Waals surface area contributed by atoms with Crippen LogP contribution in [0.3, 0.4) is 0 Å². The van der Waals surface area contributed by atoms with Crippen molar-refractivity contribution in [3.8, 4) is 0 Å². The molecule has 0 radical (unpaired) electrons. The molecule has 2 atom stereocenters. The SMILES string of the molecule is O=C(NC1CCC(N2C(=O)CCC2=O)CC1)[C@H]1C[C@@H]1C1CCCCC1. The normalized spacial score (nSPS) is 36.6. The van der Waals surface area contributed by atoms with Crippen LogP contribution in [-0.4, -0.2) is 34.7 Å². The maximum Gasteiger partial charge on any atom is 0.229 e. The summed E-state index contributed by atoms with van der Waals surface area (Å²) in [4.78, 5) is 37.8. The van der Waals surface area contributed by atoms with Crippen molar-refractivity contribution in [1.29, 1.82) is 0 Å². The fourth-order valence-electron chi connectivity index (χ4n) is 5.39. The monoisotopic (exact) mass is 346 g/mol. The number of nitrogens with zero attached hydrogens (tertiary/aromatic N) is 1. The van der Waals surface area contributed by atoms with E-state index in [0.717, 1.165) is 38.0 Å². The molecule has 4 rings (SSSR count). The second kappa shape index (κ2) is 7.08. The first-order valence-corrected chi connectivity index (χ1v) is 10.3. The van der Waals surface area contributed by atoms with E-state index in [1.807, 2.05) is 0 Å². The number of rotatable bonds is 4. The summed E-state index contributed by atoms with van der Waals surface area (Å²) in [6.45, 7) is 0. The maximum atomic E-state index is 12.5. The number of hydrogen-bond donors (Lipinski definition) is 1. The van der Waals surface area contributed by atoms with Crippen LogP contribution in [0.1, 0.15) is 77.0 Å². The molecule has 1 aliphatic heterocycles. The van der Waals surface area contributed by atoms with Gasteiger partial charge < -0.3 is 5.32 Å². The molecule has 1 N–H and O–H groups in total. The van der Waals surface area contributed by atoms with Gasteiger partial charge in [0.15, 0.2) is 0 Å². The van der Waals surface area contributed by atoms with Crippen molar-refractivity contribution in [1.82, 2.24) is 10.2 Å². The average molecular weight is 346 g/mol. The van der Waals surface area contributed by atoms with Crippen LogP contribution in [0.25, 0.3) is 0 Å². The van der Waals surface area contributed by atoms with Crippen molar-refractivity contribution in [3.05, 3.63) is 0 Å². The zero-order valence-corrected chi connectivity index (χ0v) is 15.0. The molecule has 3 aliphatic carbocycles. The van der Waals surface area contributed by atoms with Crippen LogP contribution in [0, 0.1) is 17.8 Å². The van der Waals surface area contributed by atoms with E-state index in [1.54, 1.807) is 0 Å².